The van der Waals surface area contributed by atoms with Crippen LogP contribution in [0.4, 0.5) is 0 Å². The van der Waals surface area contributed by atoms with Gasteiger partial charge in [0.1, 0.15) is 0 Å². The number of hydrogen-bond acceptors (Lipinski definition) is 3. The summed E-state index contributed by atoms with van der Waals surface area (Å²) in [6, 6.07) is 10.6. The number of benzene rings is 1. The van der Waals surface area contributed by atoms with Crippen molar-refractivity contribution in [2.45, 2.75) is 39.7 Å². The maximum Gasteiger partial charge on any atom is 0.191 e. The van der Waals surface area contributed by atoms with Crippen LogP contribution in [0.3, 0.4) is 0 Å². The van der Waals surface area contributed by atoms with Gasteiger partial charge in [-0.15, -0.1) is 35.3 Å². The summed E-state index contributed by atoms with van der Waals surface area (Å²) in [6.07, 6.45) is 3.16. The Labute approximate surface area is 166 Å². The Morgan fingerprint density at radius 3 is 2.62 bits per heavy atom. The predicted octanol–water partition coefficient (Wildman–Crippen LogP) is 4.01. The molecule has 0 bridgehead atoms. The van der Waals surface area contributed by atoms with E-state index in [1.54, 1.807) is 11.3 Å². The molecule has 4 nitrogen and oxygen atoms in total. The molecule has 0 saturated heterocycles. The van der Waals surface area contributed by atoms with Crippen LogP contribution in [0.15, 0.2) is 40.7 Å². The molecule has 0 radical (unpaired) electrons. The molecule has 0 unspecified atom stereocenters. The molecule has 2 N–H and O–H groups in total. The SMILES string of the molecule is CCNC(=NCc1csc(CC)n1)NCCCc1ccccc1.I. The second-order valence-corrected chi connectivity index (χ2v) is 6.24. The summed E-state index contributed by atoms with van der Waals surface area (Å²) in [7, 11) is 0. The van der Waals surface area contributed by atoms with Gasteiger partial charge in [-0.05, 0) is 31.7 Å². The normalized spacial score (nSPS) is 11.0. The number of aliphatic imine (C=N–C) groups is 1. The number of aryl methyl sites for hydroxylation is 2. The third-order valence-corrected chi connectivity index (χ3v) is 4.46. The molecule has 1 heterocycles. The minimum absolute atomic E-state index is 0. The maximum absolute atomic E-state index is 4.61. The van der Waals surface area contributed by atoms with Crippen molar-refractivity contribution < 1.29 is 0 Å². The molecule has 6 heteroatoms. The molecule has 2 rings (SSSR count). The van der Waals surface area contributed by atoms with Crippen molar-refractivity contribution in [3.8, 4) is 0 Å². The molecule has 0 saturated carbocycles. The van der Waals surface area contributed by atoms with Crippen LogP contribution < -0.4 is 10.6 Å². The zero-order chi connectivity index (χ0) is 16.3. The minimum Gasteiger partial charge on any atom is -0.357 e. The Kier molecular flexibility index (Phi) is 10.7. The number of guanidine groups is 1. The fourth-order valence-corrected chi connectivity index (χ4v) is 2.97. The molecule has 0 fully saturated rings. The number of rotatable bonds is 8. The average molecular weight is 458 g/mol. The summed E-state index contributed by atoms with van der Waals surface area (Å²) in [6.45, 7) is 6.62. The number of aromatic nitrogens is 1. The van der Waals surface area contributed by atoms with E-state index >= 15 is 0 Å². The van der Waals surface area contributed by atoms with Crippen LogP contribution >= 0.6 is 35.3 Å². The fraction of sp³-hybridized carbons (Fsp3) is 0.444. The quantitative estimate of drug-likeness (QED) is 0.272. The second kappa shape index (κ2) is 12.2. The van der Waals surface area contributed by atoms with E-state index in [-0.39, 0.29) is 24.0 Å². The molecule has 0 aliphatic heterocycles. The van der Waals surface area contributed by atoms with Gasteiger partial charge in [-0.1, -0.05) is 37.3 Å². The molecule has 0 aliphatic carbocycles. The Morgan fingerprint density at radius 1 is 1.17 bits per heavy atom. The van der Waals surface area contributed by atoms with Gasteiger partial charge in [0.15, 0.2) is 5.96 Å². The zero-order valence-electron chi connectivity index (χ0n) is 14.4. The van der Waals surface area contributed by atoms with Gasteiger partial charge in [0.2, 0.25) is 0 Å². The molecule has 24 heavy (non-hydrogen) atoms. The van der Waals surface area contributed by atoms with Gasteiger partial charge < -0.3 is 10.6 Å². The van der Waals surface area contributed by atoms with E-state index < -0.39 is 0 Å². The molecule has 1 aromatic heterocycles. The molecule has 0 atom stereocenters. The summed E-state index contributed by atoms with van der Waals surface area (Å²) in [5.74, 6) is 0.867. The van der Waals surface area contributed by atoms with Crippen molar-refractivity contribution in [3.05, 3.63) is 52.0 Å². The van der Waals surface area contributed by atoms with Crippen molar-refractivity contribution in [1.82, 2.24) is 15.6 Å². The summed E-state index contributed by atoms with van der Waals surface area (Å²) in [4.78, 5) is 9.17. The molecule has 0 amide bonds. The monoisotopic (exact) mass is 458 g/mol. The van der Waals surface area contributed by atoms with Gasteiger partial charge in [0.05, 0.1) is 17.2 Å². The van der Waals surface area contributed by atoms with Crippen molar-refractivity contribution in [2.75, 3.05) is 13.1 Å². The first-order valence-electron chi connectivity index (χ1n) is 8.31. The number of thiazole rings is 1. The maximum atomic E-state index is 4.61. The van der Waals surface area contributed by atoms with E-state index in [2.05, 4.69) is 70.2 Å². The first kappa shape index (κ1) is 20.9. The third kappa shape index (κ3) is 7.61. The molecule has 2 aromatic rings. The van der Waals surface area contributed by atoms with E-state index in [0.717, 1.165) is 44.0 Å². The van der Waals surface area contributed by atoms with Crippen molar-refractivity contribution in [1.29, 1.82) is 0 Å². The zero-order valence-corrected chi connectivity index (χ0v) is 17.6. The molecule has 1 aromatic carbocycles. The number of nitrogens with zero attached hydrogens (tertiary/aromatic N) is 2. The number of halogens is 1. The lowest BCUT2D eigenvalue weighted by Crippen LogP contribution is -2.37. The lowest BCUT2D eigenvalue weighted by molar-refractivity contribution is 0.743. The van der Waals surface area contributed by atoms with E-state index in [0.29, 0.717) is 6.54 Å². The molecule has 0 aliphatic rings. The van der Waals surface area contributed by atoms with E-state index in [9.17, 15) is 0 Å². The van der Waals surface area contributed by atoms with Gasteiger partial charge in [-0.2, -0.15) is 0 Å². The molecule has 0 spiro atoms. The van der Waals surface area contributed by atoms with Gasteiger partial charge >= 0.3 is 0 Å². The van der Waals surface area contributed by atoms with E-state index in [1.165, 1.54) is 10.6 Å². The molecular weight excluding hydrogens is 431 g/mol. The second-order valence-electron chi connectivity index (χ2n) is 5.30. The highest BCUT2D eigenvalue weighted by Crippen LogP contribution is 2.10. The fourth-order valence-electron chi connectivity index (χ4n) is 2.23. The number of hydrogen-bond donors (Lipinski definition) is 2. The Balaban J connectivity index is 0.00000288. The first-order valence-corrected chi connectivity index (χ1v) is 9.19. The summed E-state index contributed by atoms with van der Waals surface area (Å²) < 4.78 is 0. The Hall–Kier alpha value is -1.15. The largest absolute Gasteiger partial charge is 0.357 e. The average Bonchev–Trinajstić information content (AvgIpc) is 3.05. The van der Waals surface area contributed by atoms with Gasteiger partial charge in [-0.25, -0.2) is 9.98 Å². The summed E-state index contributed by atoms with van der Waals surface area (Å²) >= 11 is 1.71. The van der Waals surface area contributed by atoms with Crippen LogP contribution in [0, 0.1) is 0 Å². The van der Waals surface area contributed by atoms with Crippen LogP contribution in [-0.4, -0.2) is 24.0 Å². The Morgan fingerprint density at radius 2 is 1.96 bits per heavy atom. The highest BCUT2D eigenvalue weighted by Gasteiger charge is 2.01. The predicted molar refractivity (Wildman–Crippen MR) is 114 cm³/mol. The standard InChI is InChI=1S/C18H26N4S.HI/c1-3-17-22-16(14-23-17)13-21-18(19-4-2)20-12-8-11-15-9-6-5-7-10-15;/h5-7,9-10,14H,3-4,8,11-13H2,1-2H3,(H2,19,20,21);1H. The van der Waals surface area contributed by atoms with Crippen LogP contribution in [0.1, 0.15) is 36.5 Å². The highest BCUT2D eigenvalue weighted by atomic mass is 127. The van der Waals surface area contributed by atoms with Crippen molar-refractivity contribution in [2.24, 2.45) is 4.99 Å². The number of nitrogens with one attached hydrogen (secondary N) is 2. The van der Waals surface area contributed by atoms with Crippen molar-refractivity contribution >= 4 is 41.3 Å². The molecule has 132 valence electrons. The highest BCUT2D eigenvalue weighted by molar-refractivity contribution is 14.0. The molecular formula is C18H27IN4S. The van der Waals surface area contributed by atoms with Crippen molar-refractivity contribution in [3.63, 3.8) is 0 Å². The Bertz CT molecular complexity index is 598. The summed E-state index contributed by atoms with van der Waals surface area (Å²) in [5, 5.41) is 9.96. The minimum atomic E-state index is 0. The van der Waals surface area contributed by atoms with Crippen LogP contribution in [0.25, 0.3) is 0 Å². The van der Waals surface area contributed by atoms with Crippen LogP contribution in [0.5, 0.6) is 0 Å². The van der Waals surface area contributed by atoms with Crippen LogP contribution in [-0.2, 0) is 19.4 Å². The van der Waals surface area contributed by atoms with Gasteiger partial charge in [0, 0.05) is 18.5 Å². The van der Waals surface area contributed by atoms with E-state index in [4.69, 9.17) is 0 Å². The lowest BCUT2D eigenvalue weighted by Gasteiger charge is -2.11. The van der Waals surface area contributed by atoms with E-state index in [1.807, 2.05) is 0 Å². The third-order valence-electron chi connectivity index (χ3n) is 3.42. The lowest BCUT2D eigenvalue weighted by atomic mass is 10.1. The summed E-state index contributed by atoms with van der Waals surface area (Å²) in [5.41, 5.74) is 2.43. The van der Waals surface area contributed by atoms with Gasteiger partial charge in [0.25, 0.3) is 0 Å². The topological polar surface area (TPSA) is 49.3 Å². The van der Waals surface area contributed by atoms with Crippen LogP contribution in [0.2, 0.25) is 0 Å². The van der Waals surface area contributed by atoms with Gasteiger partial charge in [-0.3, -0.25) is 0 Å². The first-order chi connectivity index (χ1) is 11.3. The smallest absolute Gasteiger partial charge is 0.191 e.